The standard InChI is InChI=1S/C19H29BrN2O3/c1-5-22(6-2)19(23)14-8-7-9-21(12-14)13-15-10-17(24-3)18(25-4)11-16(15)20/h10-11,14H,5-9,12-13H2,1-4H3. The highest BCUT2D eigenvalue weighted by Crippen LogP contribution is 2.34. The summed E-state index contributed by atoms with van der Waals surface area (Å²) in [6, 6.07) is 3.95. The average Bonchev–Trinajstić information content (AvgIpc) is 2.64. The molecule has 0 aromatic heterocycles. The van der Waals surface area contributed by atoms with Gasteiger partial charge in [-0.2, -0.15) is 0 Å². The van der Waals surface area contributed by atoms with E-state index in [9.17, 15) is 4.79 Å². The summed E-state index contributed by atoms with van der Waals surface area (Å²) in [5.74, 6) is 1.84. The fourth-order valence-corrected chi connectivity index (χ4v) is 3.90. The summed E-state index contributed by atoms with van der Waals surface area (Å²) in [5.41, 5.74) is 1.15. The van der Waals surface area contributed by atoms with Crippen LogP contribution in [0.25, 0.3) is 0 Å². The lowest BCUT2D eigenvalue weighted by Crippen LogP contribution is -2.44. The largest absolute Gasteiger partial charge is 0.493 e. The van der Waals surface area contributed by atoms with Gasteiger partial charge in [-0.25, -0.2) is 0 Å². The monoisotopic (exact) mass is 412 g/mol. The van der Waals surface area contributed by atoms with Crippen LogP contribution in [0.2, 0.25) is 0 Å². The van der Waals surface area contributed by atoms with Crippen molar-refractivity contribution in [1.82, 2.24) is 9.80 Å². The zero-order chi connectivity index (χ0) is 18.4. The van der Waals surface area contributed by atoms with E-state index in [0.29, 0.717) is 11.7 Å². The van der Waals surface area contributed by atoms with Crippen molar-refractivity contribution >= 4 is 21.8 Å². The zero-order valence-electron chi connectivity index (χ0n) is 15.7. The molecule has 2 rings (SSSR count). The van der Waals surface area contributed by atoms with E-state index >= 15 is 0 Å². The van der Waals surface area contributed by atoms with E-state index in [1.165, 1.54) is 0 Å². The van der Waals surface area contributed by atoms with Gasteiger partial charge in [0.1, 0.15) is 0 Å². The van der Waals surface area contributed by atoms with Crippen LogP contribution in [0.3, 0.4) is 0 Å². The average molecular weight is 413 g/mol. The number of likely N-dealkylation sites (tertiary alicyclic amines) is 1. The Labute approximate surface area is 159 Å². The minimum Gasteiger partial charge on any atom is -0.493 e. The second-order valence-corrected chi connectivity index (χ2v) is 7.24. The van der Waals surface area contributed by atoms with Gasteiger partial charge in [0.05, 0.1) is 20.1 Å². The van der Waals surface area contributed by atoms with Crippen molar-refractivity contribution in [3.05, 3.63) is 22.2 Å². The molecule has 0 N–H and O–H groups in total. The number of ether oxygens (including phenoxy) is 2. The molecule has 1 aromatic rings. The SMILES string of the molecule is CCN(CC)C(=O)C1CCCN(Cc2cc(OC)c(OC)cc2Br)C1. The van der Waals surface area contributed by atoms with Gasteiger partial charge in [-0.15, -0.1) is 0 Å². The van der Waals surface area contributed by atoms with Crippen LogP contribution in [0.15, 0.2) is 16.6 Å². The highest BCUT2D eigenvalue weighted by atomic mass is 79.9. The van der Waals surface area contributed by atoms with Crippen molar-refractivity contribution in [1.29, 1.82) is 0 Å². The molecule has 6 heteroatoms. The zero-order valence-corrected chi connectivity index (χ0v) is 17.3. The Bertz CT molecular complexity index is 590. The summed E-state index contributed by atoms with van der Waals surface area (Å²) in [6.45, 7) is 8.29. The Morgan fingerprint density at radius 3 is 2.48 bits per heavy atom. The molecule has 1 atom stereocenters. The van der Waals surface area contributed by atoms with E-state index in [2.05, 4.69) is 20.8 Å². The molecule has 1 aliphatic heterocycles. The minimum atomic E-state index is 0.104. The number of methoxy groups -OCH3 is 2. The number of amides is 1. The van der Waals surface area contributed by atoms with Crippen LogP contribution >= 0.6 is 15.9 Å². The van der Waals surface area contributed by atoms with Gasteiger partial charge >= 0.3 is 0 Å². The molecule has 0 radical (unpaired) electrons. The first-order valence-corrected chi connectivity index (χ1v) is 9.74. The molecule has 5 nitrogen and oxygen atoms in total. The van der Waals surface area contributed by atoms with Crippen LogP contribution in [-0.2, 0) is 11.3 Å². The minimum absolute atomic E-state index is 0.104. The van der Waals surface area contributed by atoms with Gasteiger partial charge in [0.25, 0.3) is 0 Å². The molecule has 1 heterocycles. The van der Waals surface area contributed by atoms with Gasteiger partial charge in [0.15, 0.2) is 11.5 Å². The molecule has 0 spiro atoms. The van der Waals surface area contributed by atoms with E-state index in [-0.39, 0.29) is 5.92 Å². The molecule has 1 aliphatic rings. The lowest BCUT2D eigenvalue weighted by Gasteiger charge is -2.34. The molecule has 1 unspecified atom stereocenters. The van der Waals surface area contributed by atoms with E-state index in [0.717, 1.165) is 61.4 Å². The molecule has 0 bridgehead atoms. The van der Waals surface area contributed by atoms with Crippen molar-refractivity contribution in [2.75, 3.05) is 40.4 Å². The lowest BCUT2D eigenvalue weighted by molar-refractivity contribution is -0.137. The summed E-state index contributed by atoms with van der Waals surface area (Å²) in [5, 5.41) is 0. The quantitative estimate of drug-likeness (QED) is 0.686. The second-order valence-electron chi connectivity index (χ2n) is 6.38. The fourth-order valence-electron chi connectivity index (χ4n) is 3.45. The topological polar surface area (TPSA) is 42.0 Å². The van der Waals surface area contributed by atoms with Crippen LogP contribution in [-0.4, -0.2) is 56.1 Å². The summed E-state index contributed by atoms with van der Waals surface area (Å²) in [4.78, 5) is 17.0. The highest BCUT2D eigenvalue weighted by molar-refractivity contribution is 9.10. The fraction of sp³-hybridized carbons (Fsp3) is 0.632. The van der Waals surface area contributed by atoms with E-state index < -0.39 is 0 Å². The Kier molecular flexibility index (Phi) is 7.56. The van der Waals surface area contributed by atoms with Crippen molar-refractivity contribution in [3.8, 4) is 11.5 Å². The first kappa shape index (κ1) is 20.0. The molecule has 0 saturated carbocycles. The third-order valence-corrected chi connectivity index (χ3v) is 5.61. The van der Waals surface area contributed by atoms with Crippen LogP contribution in [0.1, 0.15) is 32.3 Å². The van der Waals surface area contributed by atoms with E-state index in [4.69, 9.17) is 9.47 Å². The number of benzene rings is 1. The summed E-state index contributed by atoms with van der Waals surface area (Å²) < 4.78 is 11.8. The number of hydrogen-bond acceptors (Lipinski definition) is 4. The molecule has 0 aliphatic carbocycles. The third-order valence-electron chi connectivity index (χ3n) is 4.88. The Balaban J connectivity index is 2.09. The molecule has 1 saturated heterocycles. The van der Waals surface area contributed by atoms with E-state index in [1.54, 1.807) is 14.2 Å². The number of carbonyl (C=O) groups is 1. The Morgan fingerprint density at radius 2 is 1.88 bits per heavy atom. The number of halogens is 1. The Hall–Kier alpha value is -1.27. The second kappa shape index (κ2) is 9.43. The number of nitrogens with zero attached hydrogens (tertiary/aromatic N) is 2. The molecular formula is C19H29BrN2O3. The highest BCUT2D eigenvalue weighted by Gasteiger charge is 2.28. The predicted molar refractivity (Wildman–Crippen MR) is 103 cm³/mol. The number of hydrogen-bond donors (Lipinski definition) is 0. The van der Waals surface area contributed by atoms with Crippen LogP contribution in [0.5, 0.6) is 11.5 Å². The maximum atomic E-state index is 12.7. The first-order chi connectivity index (χ1) is 12.0. The molecule has 1 aromatic carbocycles. The lowest BCUT2D eigenvalue weighted by atomic mass is 9.96. The first-order valence-electron chi connectivity index (χ1n) is 8.95. The smallest absolute Gasteiger partial charge is 0.226 e. The van der Waals surface area contributed by atoms with Gasteiger partial charge in [-0.05, 0) is 50.9 Å². The summed E-state index contributed by atoms with van der Waals surface area (Å²) in [6.07, 6.45) is 2.04. The van der Waals surface area contributed by atoms with Crippen LogP contribution < -0.4 is 9.47 Å². The van der Waals surface area contributed by atoms with Gasteiger partial charge in [0.2, 0.25) is 5.91 Å². The van der Waals surface area contributed by atoms with Gasteiger partial charge in [0, 0.05) is 30.7 Å². The summed E-state index contributed by atoms with van der Waals surface area (Å²) >= 11 is 3.63. The van der Waals surface area contributed by atoms with Crippen molar-refractivity contribution in [3.63, 3.8) is 0 Å². The molecule has 140 valence electrons. The number of rotatable bonds is 7. The van der Waals surface area contributed by atoms with E-state index in [1.807, 2.05) is 30.9 Å². The number of carbonyl (C=O) groups excluding carboxylic acids is 1. The van der Waals surface area contributed by atoms with Crippen molar-refractivity contribution in [2.24, 2.45) is 5.92 Å². The van der Waals surface area contributed by atoms with Crippen LogP contribution in [0.4, 0.5) is 0 Å². The molecular weight excluding hydrogens is 384 g/mol. The molecule has 25 heavy (non-hydrogen) atoms. The maximum Gasteiger partial charge on any atom is 0.226 e. The van der Waals surface area contributed by atoms with Gasteiger partial charge in [-0.1, -0.05) is 15.9 Å². The van der Waals surface area contributed by atoms with Crippen molar-refractivity contribution in [2.45, 2.75) is 33.2 Å². The number of piperidine rings is 1. The summed E-state index contributed by atoms with van der Waals surface area (Å²) in [7, 11) is 3.28. The van der Waals surface area contributed by atoms with Gasteiger partial charge in [-0.3, -0.25) is 9.69 Å². The van der Waals surface area contributed by atoms with Gasteiger partial charge < -0.3 is 14.4 Å². The van der Waals surface area contributed by atoms with Crippen LogP contribution in [0, 0.1) is 5.92 Å². The maximum absolute atomic E-state index is 12.7. The third kappa shape index (κ3) is 4.88. The van der Waals surface area contributed by atoms with Crippen molar-refractivity contribution < 1.29 is 14.3 Å². The Morgan fingerprint density at radius 1 is 1.24 bits per heavy atom. The normalized spacial score (nSPS) is 18.0. The molecule has 1 amide bonds. The molecule has 1 fully saturated rings. The predicted octanol–water partition coefficient (Wildman–Crippen LogP) is 3.55.